The molecule has 0 amide bonds. The fourth-order valence-corrected chi connectivity index (χ4v) is 1.20. The van der Waals surface area contributed by atoms with E-state index in [1.54, 1.807) is 0 Å². The second kappa shape index (κ2) is 3.66. The Kier molecular flexibility index (Phi) is 2.31. The van der Waals surface area contributed by atoms with Gasteiger partial charge >= 0.3 is 11.9 Å². The van der Waals surface area contributed by atoms with Gasteiger partial charge in [0.2, 0.25) is 5.82 Å². The van der Waals surface area contributed by atoms with Crippen molar-refractivity contribution in [3.63, 3.8) is 0 Å². The Morgan fingerprint density at radius 2 is 2.06 bits per heavy atom. The van der Waals surface area contributed by atoms with E-state index < -0.39 is 29.9 Å². The average molecular weight is 239 g/mol. The second-order valence-electron chi connectivity index (χ2n) is 3.03. The Morgan fingerprint density at radius 3 is 2.65 bits per heavy atom. The summed E-state index contributed by atoms with van der Waals surface area (Å²) in [7, 11) is 0. The van der Waals surface area contributed by atoms with Gasteiger partial charge in [-0.2, -0.15) is 0 Å². The van der Waals surface area contributed by atoms with Gasteiger partial charge in [-0.3, -0.25) is 14.6 Å². The SMILES string of the molecule is O=C(O)Cn1nnc2c(=O)[nH]c(C(=O)O)nc21. The monoisotopic (exact) mass is 239 g/mol. The van der Waals surface area contributed by atoms with Gasteiger partial charge < -0.3 is 10.2 Å². The molecule has 0 aliphatic rings. The number of fused-ring (bicyclic) bond motifs is 1. The van der Waals surface area contributed by atoms with E-state index in [2.05, 4.69) is 15.3 Å². The highest BCUT2D eigenvalue weighted by Crippen LogP contribution is 2.02. The van der Waals surface area contributed by atoms with Crippen molar-refractivity contribution < 1.29 is 19.8 Å². The molecule has 10 nitrogen and oxygen atoms in total. The number of rotatable bonds is 3. The summed E-state index contributed by atoms with van der Waals surface area (Å²) < 4.78 is 0.833. The minimum absolute atomic E-state index is 0.187. The Labute approximate surface area is 91.5 Å². The summed E-state index contributed by atoms with van der Waals surface area (Å²) in [5.41, 5.74) is -1.19. The summed E-state index contributed by atoms with van der Waals surface area (Å²) in [5, 5.41) is 24.1. The standard InChI is InChI=1S/C7H5N5O5/c13-2(14)1-12-5-3(10-11-12)6(15)9-4(8-5)7(16)17/h1H2,(H,13,14)(H,16,17)(H,8,9,15). The zero-order chi connectivity index (χ0) is 12.6. The van der Waals surface area contributed by atoms with Crippen molar-refractivity contribution in [3.05, 3.63) is 16.2 Å². The molecule has 0 aliphatic heterocycles. The van der Waals surface area contributed by atoms with Gasteiger partial charge in [-0.05, 0) is 0 Å². The molecule has 0 saturated heterocycles. The molecule has 17 heavy (non-hydrogen) atoms. The van der Waals surface area contributed by atoms with Gasteiger partial charge in [-0.25, -0.2) is 14.5 Å². The van der Waals surface area contributed by atoms with Gasteiger partial charge in [0.05, 0.1) is 0 Å². The van der Waals surface area contributed by atoms with Gasteiger partial charge in [-0.1, -0.05) is 5.21 Å². The maximum Gasteiger partial charge on any atom is 0.372 e. The van der Waals surface area contributed by atoms with Crippen LogP contribution in [0.2, 0.25) is 0 Å². The van der Waals surface area contributed by atoms with Gasteiger partial charge in [0.15, 0.2) is 11.2 Å². The molecule has 88 valence electrons. The van der Waals surface area contributed by atoms with Crippen LogP contribution in [0.25, 0.3) is 11.2 Å². The van der Waals surface area contributed by atoms with Crippen LogP contribution in [-0.2, 0) is 11.3 Å². The van der Waals surface area contributed by atoms with Crippen molar-refractivity contribution >= 4 is 23.1 Å². The normalized spacial score (nSPS) is 10.6. The molecule has 10 heteroatoms. The number of aromatic nitrogens is 5. The molecule has 0 fully saturated rings. The van der Waals surface area contributed by atoms with Crippen molar-refractivity contribution in [2.24, 2.45) is 0 Å². The third-order valence-corrected chi connectivity index (χ3v) is 1.86. The number of aliphatic carboxylic acids is 1. The lowest BCUT2D eigenvalue weighted by Crippen LogP contribution is -2.17. The maximum atomic E-state index is 11.4. The van der Waals surface area contributed by atoms with Crippen LogP contribution in [0.3, 0.4) is 0 Å². The van der Waals surface area contributed by atoms with E-state index in [1.165, 1.54) is 0 Å². The molecule has 2 heterocycles. The Balaban J connectivity index is 2.69. The van der Waals surface area contributed by atoms with Crippen LogP contribution in [0.5, 0.6) is 0 Å². The van der Waals surface area contributed by atoms with E-state index in [0.29, 0.717) is 0 Å². The molecular formula is C7H5N5O5. The first-order valence-electron chi connectivity index (χ1n) is 4.27. The van der Waals surface area contributed by atoms with E-state index in [0.717, 1.165) is 4.68 Å². The summed E-state index contributed by atoms with van der Waals surface area (Å²) in [6.45, 7) is -0.563. The lowest BCUT2D eigenvalue weighted by molar-refractivity contribution is -0.137. The number of carboxylic acid groups (broad SMARTS) is 2. The van der Waals surface area contributed by atoms with Gasteiger partial charge in [0.1, 0.15) is 6.54 Å². The zero-order valence-corrected chi connectivity index (χ0v) is 8.12. The number of hydrogen-bond donors (Lipinski definition) is 3. The highest BCUT2D eigenvalue weighted by atomic mass is 16.4. The number of aromatic carboxylic acids is 1. The highest BCUT2D eigenvalue weighted by molar-refractivity contribution is 5.85. The van der Waals surface area contributed by atoms with Gasteiger partial charge in [0.25, 0.3) is 5.56 Å². The summed E-state index contributed by atoms with van der Waals surface area (Å²) in [6, 6.07) is 0. The predicted molar refractivity (Wildman–Crippen MR) is 50.5 cm³/mol. The molecule has 2 aromatic heterocycles. The van der Waals surface area contributed by atoms with Crippen LogP contribution in [0, 0.1) is 0 Å². The summed E-state index contributed by atoms with van der Waals surface area (Å²) >= 11 is 0. The summed E-state index contributed by atoms with van der Waals surface area (Å²) in [5.74, 6) is -3.25. The molecule has 0 radical (unpaired) electrons. The number of nitrogens with one attached hydrogen (secondary N) is 1. The lowest BCUT2D eigenvalue weighted by Gasteiger charge is -1.97. The third kappa shape index (κ3) is 1.82. The smallest absolute Gasteiger partial charge is 0.372 e. The molecule has 0 bridgehead atoms. The van der Waals surface area contributed by atoms with Crippen molar-refractivity contribution in [2.45, 2.75) is 6.54 Å². The van der Waals surface area contributed by atoms with Crippen LogP contribution in [0.15, 0.2) is 4.79 Å². The number of carbonyl (C=O) groups is 2. The zero-order valence-electron chi connectivity index (χ0n) is 8.12. The third-order valence-electron chi connectivity index (χ3n) is 1.86. The van der Waals surface area contributed by atoms with Crippen molar-refractivity contribution in [1.29, 1.82) is 0 Å². The maximum absolute atomic E-state index is 11.4. The quantitative estimate of drug-likeness (QED) is 0.573. The molecule has 3 N–H and O–H groups in total. The molecular weight excluding hydrogens is 234 g/mol. The van der Waals surface area contributed by atoms with Gasteiger partial charge in [0, 0.05) is 0 Å². The Morgan fingerprint density at radius 1 is 1.35 bits per heavy atom. The fraction of sp³-hybridized carbons (Fsp3) is 0.143. The van der Waals surface area contributed by atoms with Crippen molar-refractivity contribution in [3.8, 4) is 0 Å². The van der Waals surface area contributed by atoms with Crippen LogP contribution < -0.4 is 5.56 Å². The Bertz CT molecular complexity index is 671. The number of H-pyrrole nitrogens is 1. The topological polar surface area (TPSA) is 151 Å². The molecule has 0 saturated carbocycles. The first-order chi connectivity index (χ1) is 7.99. The van der Waals surface area contributed by atoms with Crippen LogP contribution >= 0.6 is 0 Å². The minimum Gasteiger partial charge on any atom is -0.480 e. The van der Waals surface area contributed by atoms with Crippen LogP contribution in [0.1, 0.15) is 10.6 Å². The largest absolute Gasteiger partial charge is 0.480 e. The highest BCUT2D eigenvalue weighted by Gasteiger charge is 2.16. The van der Waals surface area contributed by atoms with Crippen molar-refractivity contribution in [1.82, 2.24) is 25.0 Å². The first kappa shape index (κ1) is 10.7. The van der Waals surface area contributed by atoms with E-state index in [9.17, 15) is 14.4 Å². The van der Waals surface area contributed by atoms with E-state index in [4.69, 9.17) is 10.2 Å². The van der Waals surface area contributed by atoms with Crippen LogP contribution in [-0.4, -0.2) is 47.1 Å². The molecule has 0 spiro atoms. The van der Waals surface area contributed by atoms with Crippen LogP contribution in [0.4, 0.5) is 0 Å². The average Bonchev–Trinajstić information content (AvgIpc) is 2.61. The lowest BCUT2D eigenvalue weighted by atomic mass is 10.5. The van der Waals surface area contributed by atoms with Crippen molar-refractivity contribution in [2.75, 3.05) is 0 Å². The molecule has 0 aliphatic carbocycles. The number of carboxylic acids is 2. The minimum atomic E-state index is -1.44. The fourth-order valence-electron chi connectivity index (χ4n) is 1.20. The van der Waals surface area contributed by atoms with E-state index in [-0.39, 0.29) is 11.2 Å². The molecule has 0 atom stereocenters. The predicted octanol–water partition coefficient (Wildman–Crippen LogP) is -1.70. The summed E-state index contributed by atoms with van der Waals surface area (Å²) in [4.78, 5) is 38.1. The number of hydrogen-bond acceptors (Lipinski definition) is 6. The van der Waals surface area contributed by atoms with E-state index >= 15 is 0 Å². The second-order valence-corrected chi connectivity index (χ2v) is 3.03. The molecule has 0 aromatic carbocycles. The molecule has 0 unspecified atom stereocenters. The summed E-state index contributed by atoms with van der Waals surface area (Å²) in [6.07, 6.45) is 0. The molecule has 2 aromatic rings. The first-order valence-corrected chi connectivity index (χ1v) is 4.27. The number of aromatic amines is 1. The van der Waals surface area contributed by atoms with Gasteiger partial charge in [-0.15, -0.1) is 5.10 Å². The number of nitrogens with zero attached hydrogens (tertiary/aromatic N) is 4. The van der Waals surface area contributed by atoms with E-state index in [1.807, 2.05) is 4.98 Å². The Hall–Kier alpha value is -2.78. The molecule has 2 rings (SSSR count).